The van der Waals surface area contributed by atoms with Crippen molar-refractivity contribution in [3.8, 4) is 6.07 Å². The third kappa shape index (κ3) is 6.47. The molecule has 2 rings (SSSR count). The smallest absolute Gasteiger partial charge is 0.338 e. The molecule has 1 fully saturated rings. The van der Waals surface area contributed by atoms with Crippen LogP contribution in [0.1, 0.15) is 22.3 Å². The van der Waals surface area contributed by atoms with Crippen molar-refractivity contribution in [2.45, 2.75) is 12.5 Å². The van der Waals surface area contributed by atoms with Gasteiger partial charge in [0.25, 0.3) is 0 Å². The van der Waals surface area contributed by atoms with Gasteiger partial charge in [0.1, 0.15) is 19.1 Å². The number of thiocarbonyl (C=S) groups is 1. The molecule has 168 valence electrons. The Balaban J connectivity index is 2.10. The number of ether oxygens (including phenoxy) is 2. The minimum absolute atomic E-state index is 0.00775. The van der Waals surface area contributed by atoms with Gasteiger partial charge in [0, 0.05) is 12.2 Å². The van der Waals surface area contributed by atoms with Crippen LogP contribution < -0.4 is 10.6 Å². The maximum absolute atomic E-state index is 12.7. The minimum atomic E-state index is -1.05. The molecule has 1 aliphatic rings. The first kappa shape index (κ1) is 24.7. The normalized spacial score (nSPS) is 18.0. The molecular formula is C22H23N3O6S. The number of amides is 1. The number of aliphatic hydroxyl groups is 1. The zero-order chi connectivity index (χ0) is 23.7. The summed E-state index contributed by atoms with van der Waals surface area (Å²) >= 11 is 4.81. The lowest BCUT2D eigenvalue weighted by atomic mass is 9.90. The second kappa shape index (κ2) is 11.7. The van der Waals surface area contributed by atoms with E-state index >= 15 is 0 Å². The Morgan fingerprint density at radius 1 is 1.28 bits per heavy atom. The molecule has 1 saturated heterocycles. The summed E-state index contributed by atoms with van der Waals surface area (Å²) in [7, 11) is 0. The Labute approximate surface area is 190 Å². The van der Waals surface area contributed by atoms with Crippen molar-refractivity contribution in [3.05, 3.63) is 54.6 Å². The zero-order valence-electron chi connectivity index (χ0n) is 17.2. The molecule has 0 aliphatic carbocycles. The van der Waals surface area contributed by atoms with E-state index in [-0.39, 0.29) is 43.0 Å². The highest BCUT2D eigenvalue weighted by Crippen LogP contribution is 2.26. The van der Waals surface area contributed by atoms with Crippen LogP contribution >= 0.6 is 12.2 Å². The number of aliphatic hydroxyl groups excluding tert-OH is 1. The molecule has 0 radical (unpaired) electrons. The molecule has 9 nitrogen and oxygen atoms in total. The highest BCUT2D eigenvalue weighted by atomic mass is 32.1. The number of benzene rings is 1. The highest BCUT2D eigenvalue weighted by molar-refractivity contribution is 7.80. The van der Waals surface area contributed by atoms with Gasteiger partial charge in [0.15, 0.2) is 5.05 Å². The summed E-state index contributed by atoms with van der Waals surface area (Å²) in [5, 5.41) is 24.2. The maximum atomic E-state index is 12.7. The second-order valence-electron chi connectivity index (χ2n) is 6.98. The van der Waals surface area contributed by atoms with Gasteiger partial charge in [-0.25, -0.2) is 4.79 Å². The predicted octanol–water partition coefficient (Wildman–Crippen LogP) is 2.05. The van der Waals surface area contributed by atoms with Gasteiger partial charge in [-0.15, -0.1) is 0 Å². The first-order valence-electron chi connectivity index (χ1n) is 9.68. The van der Waals surface area contributed by atoms with Crippen molar-refractivity contribution in [3.63, 3.8) is 0 Å². The van der Waals surface area contributed by atoms with Crippen LogP contribution in [0.3, 0.4) is 0 Å². The molecule has 3 N–H and O–H groups in total. The number of esters is 2. The second-order valence-corrected chi connectivity index (χ2v) is 7.40. The van der Waals surface area contributed by atoms with E-state index in [0.29, 0.717) is 0 Å². The number of hydrogen-bond donors (Lipinski definition) is 3. The van der Waals surface area contributed by atoms with Crippen LogP contribution in [0.2, 0.25) is 0 Å². The standard InChI is InChI=1S/C22H23N3O6S/c1-3-5-30-20(27)14-7-13(11-23)8-16(9-14)25-19(26)17-10-15(12-24-17)18(22(29)32)21(28)31-6-4-2/h3-4,7-9,15,17-18,24H,1-2,5-6,10,12H2,(H,25,26)(H,29,32)/t15-,17?,18+/m1/s1. The Morgan fingerprint density at radius 2 is 1.97 bits per heavy atom. The molecule has 10 heteroatoms. The van der Waals surface area contributed by atoms with Gasteiger partial charge >= 0.3 is 11.9 Å². The molecule has 1 heterocycles. The van der Waals surface area contributed by atoms with Crippen molar-refractivity contribution >= 4 is 40.8 Å². The van der Waals surface area contributed by atoms with Crippen LogP contribution in [0.25, 0.3) is 0 Å². The van der Waals surface area contributed by atoms with Gasteiger partial charge < -0.3 is 25.2 Å². The van der Waals surface area contributed by atoms with Crippen molar-refractivity contribution in [2.24, 2.45) is 11.8 Å². The predicted molar refractivity (Wildman–Crippen MR) is 120 cm³/mol. The lowest BCUT2D eigenvalue weighted by Crippen LogP contribution is -2.35. The number of nitrogens with one attached hydrogen (secondary N) is 2. The van der Waals surface area contributed by atoms with Crippen molar-refractivity contribution in [2.75, 3.05) is 25.1 Å². The van der Waals surface area contributed by atoms with Gasteiger partial charge in [-0.1, -0.05) is 25.3 Å². The summed E-state index contributed by atoms with van der Waals surface area (Å²) in [6.07, 6.45) is 3.03. The highest BCUT2D eigenvalue weighted by Gasteiger charge is 2.40. The Bertz CT molecular complexity index is 971. The quantitative estimate of drug-likeness (QED) is 0.274. The number of nitrogens with zero attached hydrogens (tertiary/aromatic N) is 1. The van der Waals surface area contributed by atoms with Crippen molar-refractivity contribution in [1.82, 2.24) is 5.32 Å². The van der Waals surface area contributed by atoms with Gasteiger partial charge in [-0.3, -0.25) is 9.59 Å². The van der Waals surface area contributed by atoms with Crippen LogP contribution in [-0.2, 0) is 19.1 Å². The van der Waals surface area contributed by atoms with E-state index < -0.39 is 40.8 Å². The van der Waals surface area contributed by atoms with E-state index in [9.17, 15) is 24.8 Å². The van der Waals surface area contributed by atoms with E-state index in [1.807, 2.05) is 6.07 Å². The maximum Gasteiger partial charge on any atom is 0.338 e. The van der Waals surface area contributed by atoms with Gasteiger partial charge in [0.2, 0.25) is 5.91 Å². The lowest BCUT2D eigenvalue weighted by Gasteiger charge is -2.19. The summed E-state index contributed by atoms with van der Waals surface area (Å²) in [6, 6.07) is 5.42. The fraction of sp³-hybridized carbons (Fsp3) is 0.318. The fourth-order valence-corrected chi connectivity index (χ4v) is 3.56. The van der Waals surface area contributed by atoms with E-state index in [1.54, 1.807) is 0 Å². The van der Waals surface area contributed by atoms with Crippen molar-refractivity contribution < 1.29 is 29.0 Å². The molecule has 1 aliphatic heterocycles. The molecular weight excluding hydrogens is 434 g/mol. The molecule has 0 aromatic heterocycles. The van der Waals surface area contributed by atoms with Crippen LogP contribution in [0.5, 0.6) is 0 Å². The monoisotopic (exact) mass is 457 g/mol. The van der Waals surface area contributed by atoms with Crippen LogP contribution in [-0.4, -0.2) is 53.8 Å². The summed E-state index contributed by atoms with van der Waals surface area (Å²) in [5.41, 5.74) is 0.514. The van der Waals surface area contributed by atoms with E-state index in [4.69, 9.17) is 21.7 Å². The topological polar surface area (TPSA) is 138 Å². The summed E-state index contributed by atoms with van der Waals surface area (Å²) < 4.78 is 9.97. The van der Waals surface area contributed by atoms with Crippen LogP contribution in [0.15, 0.2) is 43.5 Å². The number of anilines is 1. The van der Waals surface area contributed by atoms with Crippen LogP contribution in [0, 0.1) is 23.2 Å². The number of rotatable bonds is 10. The first-order chi connectivity index (χ1) is 15.3. The summed E-state index contributed by atoms with van der Waals surface area (Å²) in [5.74, 6) is -3.28. The Hall–Kier alpha value is -3.55. The number of nitriles is 1. The molecule has 32 heavy (non-hydrogen) atoms. The molecule has 3 atom stereocenters. The SMILES string of the molecule is C=CCOC(=O)c1cc(C#N)cc(NC(=O)C2C[C@@H]([C@@H](C(=O)OCC=C)C(O)=S)CN2)c1. The lowest BCUT2D eigenvalue weighted by molar-refractivity contribution is -0.146. The van der Waals surface area contributed by atoms with Gasteiger partial charge in [-0.2, -0.15) is 5.26 Å². The number of carbonyl (C=O) groups is 3. The Kier molecular flexibility index (Phi) is 9.07. The van der Waals surface area contributed by atoms with E-state index in [1.165, 1.54) is 30.4 Å². The minimum Gasteiger partial charge on any atom is -0.501 e. The Morgan fingerprint density at radius 3 is 2.59 bits per heavy atom. The number of hydrogen-bond acceptors (Lipinski definition) is 8. The van der Waals surface area contributed by atoms with E-state index in [2.05, 4.69) is 23.8 Å². The van der Waals surface area contributed by atoms with Crippen LogP contribution in [0.4, 0.5) is 5.69 Å². The zero-order valence-corrected chi connectivity index (χ0v) is 18.0. The molecule has 1 amide bonds. The third-order valence-corrected chi connectivity index (χ3v) is 4.97. The van der Waals surface area contributed by atoms with Gasteiger partial charge in [0.05, 0.1) is 23.2 Å². The molecule has 0 spiro atoms. The van der Waals surface area contributed by atoms with E-state index in [0.717, 1.165) is 0 Å². The van der Waals surface area contributed by atoms with Crippen molar-refractivity contribution in [1.29, 1.82) is 5.26 Å². The molecule has 1 aromatic rings. The van der Waals surface area contributed by atoms with Gasteiger partial charge in [-0.05, 0) is 42.8 Å². The molecule has 1 unspecified atom stereocenters. The first-order valence-corrected chi connectivity index (χ1v) is 10.1. The largest absolute Gasteiger partial charge is 0.501 e. The average Bonchev–Trinajstić information content (AvgIpc) is 3.25. The molecule has 0 bridgehead atoms. The fourth-order valence-electron chi connectivity index (χ4n) is 3.27. The molecule has 1 aromatic carbocycles. The summed E-state index contributed by atoms with van der Waals surface area (Å²) in [6.45, 7) is 7.17. The molecule has 0 saturated carbocycles. The average molecular weight is 458 g/mol. The number of carbonyl (C=O) groups excluding carboxylic acids is 3. The third-order valence-electron chi connectivity index (χ3n) is 4.71. The summed E-state index contributed by atoms with van der Waals surface area (Å²) in [4.78, 5) is 37.1.